The zero-order valence-electron chi connectivity index (χ0n) is 16.0. The first-order valence-electron chi connectivity index (χ1n) is 10.4. The van der Waals surface area contributed by atoms with Crippen molar-refractivity contribution in [2.45, 2.75) is 76.3 Å². The molecule has 1 amide bonds. The van der Waals surface area contributed by atoms with Gasteiger partial charge in [-0.2, -0.15) is 4.98 Å². The standard InChI is InChI=1S/C21H27N5O/c1-15(27)25-18-10-4-3-9-17(18)21(11-5-2-6-12-21)26-20(25)23-19(24-26)16-8-7-13-22-14-16/h7-8,13-14,17-18H,2-6,9-12H2,1H3. The molecule has 2 aliphatic carbocycles. The molecule has 5 rings (SSSR count). The second kappa shape index (κ2) is 6.43. The highest BCUT2D eigenvalue weighted by atomic mass is 16.2. The number of carbonyl (C=O) groups is 1. The van der Waals surface area contributed by atoms with Crippen molar-refractivity contribution < 1.29 is 4.79 Å². The van der Waals surface area contributed by atoms with Gasteiger partial charge in [-0.3, -0.25) is 14.7 Å². The molecular formula is C21H27N5O. The van der Waals surface area contributed by atoms with E-state index in [0.29, 0.717) is 11.7 Å². The molecule has 2 atom stereocenters. The van der Waals surface area contributed by atoms with Gasteiger partial charge in [-0.25, -0.2) is 4.68 Å². The van der Waals surface area contributed by atoms with Gasteiger partial charge in [-0.05, 0) is 37.8 Å². The maximum Gasteiger partial charge on any atom is 0.231 e. The van der Waals surface area contributed by atoms with Crippen LogP contribution in [0.4, 0.5) is 5.95 Å². The molecule has 2 aromatic heterocycles. The summed E-state index contributed by atoms with van der Waals surface area (Å²) < 4.78 is 2.16. The fourth-order valence-electron chi connectivity index (χ4n) is 5.85. The zero-order chi connectivity index (χ0) is 18.4. The number of pyridine rings is 1. The highest BCUT2D eigenvalue weighted by Crippen LogP contribution is 2.53. The summed E-state index contributed by atoms with van der Waals surface area (Å²) in [4.78, 5) is 23.7. The van der Waals surface area contributed by atoms with Crippen LogP contribution in [0.15, 0.2) is 24.5 Å². The van der Waals surface area contributed by atoms with E-state index in [1.807, 2.05) is 17.0 Å². The third-order valence-electron chi connectivity index (χ3n) is 6.96. The van der Waals surface area contributed by atoms with E-state index in [-0.39, 0.29) is 17.5 Å². The van der Waals surface area contributed by atoms with Gasteiger partial charge in [0.2, 0.25) is 11.9 Å². The Kier molecular flexibility index (Phi) is 4.02. The van der Waals surface area contributed by atoms with Crippen LogP contribution >= 0.6 is 0 Å². The van der Waals surface area contributed by atoms with Gasteiger partial charge in [-0.15, -0.1) is 5.10 Å². The largest absolute Gasteiger partial charge is 0.278 e. The maximum atomic E-state index is 12.7. The van der Waals surface area contributed by atoms with Crippen LogP contribution in [-0.4, -0.2) is 31.7 Å². The van der Waals surface area contributed by atoms with E-state index < -0.39 is 0 Å². The summed E-state index contributed by atoms with van der Waals surface area (Å²) in [7, 11) is 0. The van der Waals surface area contributed by atoms with Crippen LogP contribution in [0.1, 0.15) is 64.7 Å². The summed E-state index contributed by atoms with van der Waals surface area (Å²) in [6, 6.07) is 4.18. The minimum absolute atomic E-state index is 0.0259. The highest BCUT2D eigenvalue weighted by molar-refractivity contribution is 5.91. The number of nitrogens with zero attached hydrogens (tertiary/aromatic N) is 5. The minimum Gasteiger partial charge on any atom is -0.278 e. The quantitative estimate of drug-likeness (QED) is 0.768. The fourth-order valence-corrected chi connectivity index (χ4v) is 5.85. The van der Waals surface area contributed by atoms with Crippen LogP contribution in [-0.2, 0) is 10.3 Å². The smallest absolute Gasteiger partial charge is 0.231 e. The van der Waals surface area contributed by atoms with Crippen LogP contribution < -0.4 is 4.90 Å². The Labute approximate surface area is 160 Å². The van der Waals surface area contributed by atoms with Crippen molar-refractivity contribution in [2.75, 3.05) is 4.90 Å². The summed E-state index contributed by atoms with van der Waals surface area (Å²) in [6.07, 6.45) is 14.4. The molecule has 0 N–H and O–H groups in total. The molecule has 0 bridgehead atoms. The van der Waals surface area contributed by atoms with Crippen LogP contribution in [0.5, 0.6) is 0 Å². The fraction of sp³-hybridized carbons (Fsp3) is 0.619. The van der Waals surface area contributed by atoms with Gasteiger partial charge in [0.25, 0.3) is 0 Å². The lowest BCUT2D eigenvalue weighted by atomic mass is 9.64. The van der Waals surface area contributed by atoms with Crippen LogP contribution in [0, 0.1) is 5.92 Å². The summed E-state index contributed by atoms with van der Waals surface area (Å²) in [5.74, 6) is 2.02. The highest BCUT2D eigenvalue weighted by Gasteiger charge is 2.54. The van der Waals surface area contributed by atoms with Crippen LogP contribution in [0.2, 0.25) is 0 Å². The summed E-state index contributed by atoms with van der Waals surface area (Å²) in [5.41, 5.74) is 0.940. The molecular weight excluding hydrogens is 338 g/mol. The zero-order valence-corrected chi connectivity index (χ0v) is 16.0. The van der Waals surface area contributed by atoms with Gasteiger partial charge in [0.05, 0.1) is 5.54 Å². The summed E-state index contributed by atoms with van der Waals surface area (Å²) >= 11 is 0. The van der Waals surface area contributed by atoms with Gasteiger partial charge in [0, 0.05) is 36.8 Å². The van der Waals surface area contributed by atoms with Crippen molar-refractivity contribution in [3.8, 4) is 11.4 Å². The van der Waals surface area contributed by atoms with E-state index in [1.165, 1.54) is 38.5 Å². The third kappa shape index (κ3) is 2.52. The second-order valence-electron chi connectivity index (χ2n) is 8.40. The number of anilines is 1. The average molecular weight is 365 g/mol. The van der Waals surface area contributed by atoms with Crippen molar-refractivity contribution in [3.63, 3.8) is 0 Å². The molecule has 1 spiro atoms. The van der Waals surface area contributed by atoms with Crippen molar-refractivity contribution in [2.24, 2.45) is 5.92 Å². The first-order chi connectivity index (χ1) is 13.2. The molecule has 0 radical (unpaired) electrons. The summed E-state index contributed by atoms with van der Waals surface area (Å²) in [5, 5.41) is 4.99. The van der Waals surface area contributed by atoms with Gasteiger partial charge < -0.3 is 0 Å². The number of hydrogen-bond acceptors (Lipinski definition) is 4. The Morgan fingerprint density at radius 1 is 1.15 bits per heavy atom. The molecule has 142 valence electrons. The first kappa shape index (κ1) is 16.9. The molecule has 6 nitrogen and oxygen atoms in total. The lowest BCUT2D eigenvalue weighted by Gasteiger charge is -2.55. The number of rotatable bonds is 1. The number of aromatic nitrogens is 4. The van der Waals surface area contributed by atoms with Crippen molar-refractivity contribution in [1.82, 2.24) is 19.7 Å². The molecule has 0 saturated heterocycles. The van der Waals surface area contributed by atoms with E-state index in [0.717, 1.165) is 30.8 Å². The monoisotopic (exact) mass is 365 g/mol. The molecule has 0 aromatic carbocycles. The second-order valence-corrected chi connectivity index (χ2v) is 8.40. The molecule has 27 heavy (non-hydrogen) atoms. The van der Waals surface area contributed by atoms with E-state index in [9.17, 15) is 4.79 Å². The lowest BCUT2D eigenvalue weighted by molar-refractivity contribution is -0.118. The Morgan fingerprint density at radius 3 is 2.70 bits per heavy atom. The van der Waals surface area contributed by atoms with E-state index in [1.54, 1.807) is 19.3 Å². The minimum atomic E-state index is 0.0259. The number of carbonyl (C=O) groups excluding carboxylic acids is 1. The Balaban J connectivity index is 1.71. The normalized spacial score (nSPS) is 26.5. The van der Waals surface area contributed by atoms with Gasteiger partial charge in [-0.1, -0.05) is 32.1 Å². The SMILES string of the molecule is CC(=O)N1c2nc(-c3cccnc3)nn2C2(CCCCC2)C2CCCCC21. The predicted octanol–water partition coefficient (Wildman–Crippen LogP) is 3.92. The van der Waals surface area contributed by atoms with Crippen molar-refractivity contribution >= 4 is 11.9 Å². The summed E-state index contributed by atoms with van der Waals surface area (Å²) in [6.45, 7) is 1.67. The Bertz CT molecular complexity index is 840. The van der Waals surface area contributed by atoms with Gasteiger partial charge in [0.15, 0.2) is 5.82 Å². The Morgan fingerprint density at radius 2 is 1.96 bits per heavy atom. The maximum absolute atomic E-state index is 12.7. The number of hydrogen-bond donors (Lipinski definition) is 0. The average Bonchev–Trinajstić information content (AvgIpc) is 3.15. The number of amides is 1. The topological polar surface area (TPSA) is 63.9 Å². The molecule has 6 heteroatoms. The molecule has 3 heterocycles. The molecule has 2 fully saturated rings. The lowest BCUT2D eigenvalue weighted by Crippen LogP contribution is -2.61. The molecule has 2 saturated carbocycles. The van der Waals surface area contributed by atoms with E-state index in [2.05, 4.69) is 9.67 Å². The molecule has 2 aromatic rings. The molecule has 2 unspecified atom stereocenters. The van der Waals surface area contributed by atoms with E-state index in [4.69, 9.17) is 10.1 Å². The predicted molar refractivity (Wildman–Crippen MR) is 103 cm³/mol. The van der Waals surface area contributed by atoms with Crippen LogP contribution in [0.3, 0.4) is 0 Å². The van der Waals surface area contributed by atoms with Crippen molar-refractivity contribution in [3.05, 3.63) is 24.5 Å². The van der Waals surface area contributed by atoms with Crippen molar-refractivity contribution in [1.29, 1.82) is 0 Å². The molecule has 1 aliphatic heterocycles. The first-order valence-corrected chi connectivity index (χ1v) is 10.4. The third-order valence-corrected chi connectivity index (χ3v) is 6.96. The Hall–Kier alpha value is -2.24. The van der Waals surface area contributed by atoms with Crippen LogP contribution in [0.25, 0.3) is 11.4 Å². The van der Waals surface area contributed by atoms with E-state index >= 15 is 0 Å². The molecule has 3 aliphatic rings. The number of fused-ring (bicyclic) bond motifs is 4. The van der Waals surface area contributed by atoms with Gasteiger partial charge >= 0.3 is 0 Å². The van der Waals surface area contributed by atoms with Gasteiger partial charge in [0.1, 0.15) is 0 Å².